The Hall–Kier alpha value is -1.58. The van der Waals surface area contributed by atoms with Crippen molar-refractivity contribution < 1.29 is 18.3 Å². The third kappa shape index (κ3) is 4.06. The predicted octanol–water partition coefficient (Wildman–Crippen LogP) is 1.01. The van der Waals surface area contributed by atoms with Crippen molar-refractivity contribution >= 4 is 29.4 Å². The van der Waals surface area contributed by atoms with E-state index in [1.165, 1.54) is 6.08 Å². The molecule has 0 spiro atoms. The minimum absolute atomic E-state index is 0.00862. The number of aromatic amines is 1. The molecule has 1 aliphatic heterocycles. The first-order valence-corrected chi connectivity index (χ1v) is 10.5. The van der Waals surface area contributed by atoms with Crippen molar-refractivity contribution in [1.82, 2.24) is 9.97 Å². The summed E-state index contributed by atoms with van der Waals surface area (Å²) < 4.78 is 39.6. The quantitative estimate of drug-likeness (QED) is 0.783. The van der Waals surface area contributed by atoms with Crippen LogP contribution in [0.15, 0.2) is 9.79 Å². The molecule has 1 atom stereocenters. The maximum atomic E-state index is 14.5. The molecule has 2 heterocycles. The molecule has 1 aromatic heterocycles. The molecule has 152 valence electrons. The van der Waals surface area contributed by atoms with Crippen LogP contribution in [-0.2, 0) is 15.2 Å². The Morgan fingerprint density at radius 3 is 2.86 bits per heavy atom. The highest BCUT2D eigenvalue weighted by molar-refractivity contribution is 7.99. The lowest BCUT2D eigenvalue weighted by atomic mass is 9.89. The average molecular weight is 411 g/mol. The van der Waals surface area contributed by atoms with E-state index in [9.17, 15) is 13.6 Å². The number of hydrogen-bond acceptors (Lipinski definition) is 6. The van der Waals surface area contributed by atoms with Gasteiger partial charge in [0.2, 0.25) is 0 Å². The zero-order valence-electron chi connectivity index (χ0n) is 15.6. The first-order valence-electron chi connectivity index (χ1n) is 9.49. The number of aliphatic imine (C=N–C) groups is 1. The molecular formula is C19H23F2N3O3S. The van der Waals surface area contributed by atoms with Gasteiger partial charge in [0.1, 0.15) is 11.0 Å². The van der Waals surface area contributed by atoms with Crippen LogP contribution in [-0.4, -0.2) is 59.6 Å². The molecule has 3 aliphatic rings. The number of H-pyrrole nitrogens is 1. The Labute approximate surface area is 165 Å². The number of rotatable bonds is 5. The molecule has 0 aromatic carbocycles. The number of hydrogen-bond donors (Lipinski definition) is 1. The summed E-state index contributed by atoms with van der Waals surface area (Å²) in [6, 6.07) is -0.0886. The Kier molecular flexibility index (Phi) is 5.93. The van der Waals surface area contributed by atoms with E-state index in [2.05, 4.69) is 15.0 Å². The Morgan fingerprint density at radius 2 is 2.14 bits per heavy atom. The van der Waals surface area contributed by atoms with Crippen molar-refractivity contribution in [2.75, 3.05) is 20.3 Å². The topological polar surface area (TPSA) is 76.6 Å². The Bertz CT molecular complexity index is 937. The van der Waals surface area contributed by atoms with Gasteiger partial charge in [0.15, 0.2) is 12.0 Å². The molecule has 1 aromatic rings. The van der Waals surface area contributed by atoms with Crippen LogP contribution in [0.3, 0.4) is 0 Å². The largest absolute Gasteiger partial charge is 0.381 e. The fourth-order valence-corrected chi connectivity index (χ4v) is 4.66. The minimum Gasteiger partial charge on any atom is -0.381 e. The van der Waals surface area contributed by atoms with Crippen LogP contribution < -0.4 is 16.1 Å². The molecule has 1 saturated heterocycles. The SMILES string of the molecule is COC1CC(N=C2C=c3nc(CSC4CCOCC4)[nH]c(=O)c3=C(F)C2F)C1. The Morgan fingerprint density at radius 1 is 1.39 bits per heavy atom. The fourth-order valence-electron chi connectivity index (χ4n) is 3.60. The number of halogens is 2. The summed E-state index contributed by atoms with van der Waals surface area (Å²) in [5.41, 5.74) is -0.656. The van der Waals surface area contributed by atoms with Crippen molar-refractivity contribution in [3.63, 3.8) is 0 Å². The summed E-state index contributed by atoms with van der Waals surface area (Å²) in [7, 11) is 1.62. The number of fused-ring (bicyclic) bond motifs is 1. The predicted molar refractivity (Wildman–Crippen MR) is 104 cm³/mol. The van der Waals surface area contributed by atoms with Gasteiger partial charge in [-0.2, -0.15) is 11.8 Å². The number of ether oxygens (including phenoxy) is 2. The van der Waals surface area contributed by atoms with E-state index in [1.54, 1.807) is 18.9 Å². The highest BCUT2D eigenvalue weighted by atomic mass is 32.2. The van der Waals surface area contributed by atoms with E-state index in [1.807, 2.05) is 0 Å². The van der Waals surface area contributed by atoms with Crippen LogP contribution >= 0.6 is 11.8 Å². The molecule has 1 N–H and O–H groups in total. The van der Waals surface area contributed by atoms with Gasteiger partial charge in [-0.25, -0.2) is 13.8 Å². The molecule has 2 aliphatic carbocycles. The zero-order valence-corrected chi connectivity index (χ0v) is 16.4. The van der Waals surface area contributed by atoms with Gasteiger partial charge in [0.05, 0.1) is 29.0 Å². The van der Waals surface area contributed by atoms with Crippen LogP contribution in [0.2, 0.25) is 0 Å². The maximum absolute atomic E-state index is 14.5. The zero-order chi connectivity index (χ0) is 19.7. The molecule has 2 fully saturated rings. The number of methoxy groups -OCH3 is 1. The normalized spacial score (nSPS) is 29.3. The molecular weight excluding hydrogens is 388 g/mol. The van der Waals surface area contributed by atoms with E-state index >= 15 is 0 Å². The van der Waals surface area contributed by atoms with Crippen LogP contribution in [0.5, 0.6) is 0 Å². The van der Waals surface area contributed by atoms with Crippen molar-refractivity contribution in [3.05, 3.63) is 26.7 Å². The fraction of sp³-hybridized carbons (Fsp3) is 0.632. The van der Waals surface area contributed by atoms with Gasteiger partial charge in [-0.3, -0.25) is 9.79 Å². The lowest BCUT2D eigenvalue weighted by Gasteiger charge is -2.31. The summed E-state index contributed by atoms with van der Waals surface area (Å²) in [4.78, 5) is 23.6. The number of nitrogens with zero attached hydrogens (tertiary/aromatic N) is 2. The third-order valence-corrected chi connectivity index (χ3v) is 6.74. The molecule has 1 saturated carbocycles. The van der Waals surface area contributed by atoms with E-state index in [4.69, 9.17) is 9.47 Å². The van der Waals surface area contributed by atoms with Crippen molar-refractivity contribution in [3.8, 4) is 0 Å². The van der Waals surface area contributed by atoms with Crippen molar-refractivity contribution in [2.45, 2.75) is 55.0 Å². The van der Waals surface area contributed by atoms with Gasteiger partial charge in [-0.1, -0.05) is 0 Å². The van der Waals surface area contributed by atoms with E-state index in [-0.39, 0.29) is 28.4 Å². The van der Waals surface area contributed by atoms with Gasteiger partial charge < -0.3 is 14.5 Å². The van der Waals surface area contributed by atoms with Crippen LogP contribution in [0.4, 0.5) is 8.78 Å². The van der Waals surface area contributed by atoms with Gasteiger partial charge in [-0.05, 0) is 31.8 Å². The summed E-state index contributed by atoms with van der Waals surface area (Å²) in [6.45, 7) is 1.48. The van der Waals surface area contributed by atoms with E-state index in [0.29, 0.717) is 29.7 Å². The lowest BCUT2D eigenvalue weighted by Crippen LogP contribution is -2.50. The average Bonchev–Trinajstić information content (AvgIpc) is 2.66. The molecule has 1 unspecified atom stereocenters. The third-order valence-electron chi connectivity index (χ3n) is 5.36. The molecule has 9 heteroatoms. The molecule has 6 nitrogen and oxygen atoms in total. The van der Waals surface area contributed by atoms with Crippen LogP contribution in [0.25, 0.3) is 11.9 Å². The summed E-state index contributed by atoms with van der Waals surface area (Å²) >= 11 is 1.69. The van der Waals surface area contributed by atoms with Crippen molar-refractivity contribution in [2.24, 2.45) is 4.99 Å². The lowest BCUT2D eigenvalue weighted by molar-refractivity contribution is 0.0284. The smallest absolute Gasteiger partial charge is 0.261 e. The molecule has 4 rings (SSSR count). The molecule has 0 amide bonds. The van der Waals surface area contributed by atoms with Crippen LogP contribution in [0, 0.1) is 0 Å². The second kappa shape index (κ2) is 8.42. The monoisotopic (exact) mass is 411 g/mol. The van der Waals surface area contributed by atoms with Gasteiger partial charge in [0.25, 0.3) is 5.56 Å². The first-order chi connectivity index (χ1) is 13.5. The summed E-state index contributed by atoms with van der Waals surface area (Å²) in [5, 5.41) is 0.274. The van der Waals surface area contributed by atoms with Gasteiger partial charge in [0, 0.05) is 25.6 Å². The highest BCUT2D eigenvalue weighted by Gasteiger charge is 2.32. The molecule has 28 heavy (non-hydrogen) atoms. The second-order valence-corrected chi connectivity index (χ2v) is 8.58. The number of aromatic nitrogens is 2. The standard InChI is InChI=1S/C19H23F2N3O3S/c1-26-11-6-10(7-11)22-14-8-13-16(18(21)17(14)20)19(25)24-15(23-13)9-28-12-2-4-27-5-3-12/h8,10-12,17H,2-7,9H2,1H3,(H,23,24,25). The van der Waals surface area contributed by atoms with Crippen molar-refractivity contribution in [1.29, 1.82) is 0 Å². The molecule has 0 radical (unpaired) electrons. The summed E-state index contributed by atoms with van der Waals surface area (Å²) in [5.74, 6) is -0.146. The minimum atomic E-state index is -2.03. The second-order valence-electron chi connectivity index (χ2n) is 7.29. The maximum Gasteiger partial charge on any atom is 0.261 e. The van der Waals surface area contributed by atoms with Gasteiger partial charge >= 0.3 is 0 Å². The molecule has 0 bridgehead atoms. The number of nitrogens with one attached hydrogen (secondary N) is 1. The van der Waals surface area contributed by atoms with E-state index in [0.717, 1.165) is 26.1 Å². The summed E-state index contributed by atoms with van der Waals surface area (Å²) in [6.07, 6.45) is 2.78. The highest BCUT2D eigenvalue weighted by Crippen LogP contribution is 2.27. The first kappa shape index (κ1) is 19.7. The Balaban J connectivity index is 1.59. The van der Waals surface area contributed by atoms with Gasteiger partial charge in [-0.15, -0.1) is 0 Å². The number of alkyl halides is 1. The van der Waals surface area contributed by atoms with Crippen LogP contribution in [0.1, 0.15) is 31.5 Å². The van der Waals surface area contributed by atoms with E-state index < -0.39 is 17.6 Å². The number of thioether (sulfide) groups is 1.